The summed E-state index contributed by atoms with van der Waals surface area (Å²) in [6, 6.07) is 8.36. The number of ketones is 1. The summed E-state index contributed by atoms with van der Waals surface area (Å²) in [4.78, 5) is 53.7. The lowest BCUT2D eigenvalue weighted by atomic mass is 9.51. The number of fused-ring (bicyclic) bond motifs is 5. The molecule has 1 heterocycles. The summed E-state index contributed by atoms with van der Waals surface area (Å²) in [6.07, 6.45) is -3.97. The van der Waals surface area contributed by atoms with Crippen LogP contribution >= 0.6 is 0 Å². The largest absolute Gasteiger partial charge is 0.455 e. The summed E-state index contributed by atoms with van der Waals surface area (Å²) >= 11 is 0. The zero-order valence-electron chi connectivity index (χ0n) is 25.8. The van der Waals surface area contributed by atoms with Crippen molar-refractivity contribution in [2.24, 2.45) is 22.7 Å². The van der Waals surface area contributed by atoms with E-state index < -0.39 is 82.0 Å². The molecule has 0 amide bonds. The van der Waals surface area contributed by atoms with Crippen molar-refractivity contribution in [2.75, 3.05) is 6.61 Å². The van der Waals surface area contributed by atoms with Gasteiger partial charge in [0.1, 0.15) is 17.8 Å². The van der Waals surface area contributed by atoms with Gasteiger partial charge in [0.25, 0.3) is 0 Å². The van der Waals surface area contributed by atoms with Crippen LogP contribution in [0.15, 0.2) is 41.5 Å². The molecular formula is C33H42O10. The van der Waals surface area contributed by atoms with Crippen LogP contribution < -0.4 is 0 Å². The van der Waals surface area contributed by atoms with Gasteiger partial charge in [0.2, 0.25) is 0 Å². The number of carbonyl (C=O) groups is 4. The maximum atomic E-state index is 14.9. The fourth-order valence-electron chi connectivity index (χ4n) is 8.73. The van der Waals surface area contributed by atoms with Crippen molar-refractivity contribution in [3.63, 3.8) is 0 Å². The molecular weight excluding hydrogens is 556 g/mol. The summed E-state index contributed by atoms with van der Waals surface area (Å²) in [5.41, 5.74) is -4.84. The van der Waals surface area contributed by atoms with Crippen molar-refractivity contribution < 1.29 is 48.3 Å². The molecule has 2 bridgehead atoms. The van der Waals surface area contributed by atoms with E-state index in [1.807, 2.05) is 0 Å². The molecule has 2 unspecified atom stereocenters. The van der Waals surface area contributed by atoms with Gasteiger partial charge in [-0.25, -0.2) is 4.79 Å². The Kier molecular flexibility index (Phi) is 7.67. The van der Waals surface area contributed by atoms with E-state index in [1.54, 1.807) is 65.0 Å². The van der Waals surface area contributed by atoms with Crippen LogP contribution in [0.5, 0.6) is 0 Å². The first-order chi connectivity index (χ1) is 20.0. The van der Waals surface area contributed by atoms with Crippen LogP contribution in [0.4, 0.5) is 0 Å². The second kappa shape index (κ2) is 10.5. The highest BCUT2D eigenvalue weighted by Gasteiger charge is 2.73. The first-order valence-corrected chi connectivity index (χ1v) is 14.9. The first kappa shape index (κ1) is 31.3. The lowest BCUT2D eigenvalue weighted by Crippen LogP contribution is -2.74. The topological polar surface area (TPSA) is 146 Å². The van der Waals surface area contributed by atoms with Gasteiger partial charge in [-0.15, -0.1) is 0 Å². The Morgan fingerprint density at radius 1 is 1.02 bits per heavy atom. The second-order valence-corrected chi connectivity index (χ2v) is 13.6. The van der Waals surface area contributed by atoms with Gasteiger partial charge in [-0.2, -0.15) is 0 Å². The van der Waals surface area contributed by atoms with E-state index in [1.165, 1.54) is 13.8 Å². The molecule has 1 aromatic carbocycles. The van der Waals surface area contributed by atoms with Crippen molar-refractivity contribution in [3.05, 3.63) is 47.0 Å². The summed E-state index contributed by atoms with van der Waals surface area (Å²) in [5.74, 6) is -3.98. The molecule has 4 aliphatic rings. The number of aliphatic hydroxyl groups excluding tert-OH is 1. The monoisotopic (exact) mass is 598 g/mol. The summed E-state index contributed by atoms with van der Waals surface area (Å²) in [7, 11) is 0. The molecule has 3 aliphatic carbocycles. The molecule has 2 N–H and O–H groups in total. The number of carbonyl (C=O) groups excluding carboxylic acids is 4. The van der Waals surface area contributed by atoms with Crippen LogP contribution in [-0.2, 0) is 33.3 Å². The lowest BCUT2D eigenvalue weighted by molar-refractivity contribution is -0.317. The molecule has 1 aliphatic heterocycles. The van der Waals surface area contributed by atoms with Crippen LogP contribution in [0, 0.1) is 22.7 Å². The van der Waals surface area contributed by atoms with Gasteiger partial charge in [-0.05, 0) is 43.0 Å². The number of hydrogen-bond acceptors (Lipinski definition) is 10. The van der Waals surface area contributed by atoms with Crippen LogP contribution in [0.1, 0.15) is 78.1 Å². The minimum absolute atomic E-state index is 0.0128. The Morgan fingerprint density at radius 2 is 1.67 bits per heavy atom. The highest BCUT2D eigenvalue weighted by molar-refractivity contribution is 5.94. The highest BCUT2D eigenvalue weighted by atomic mass is 16.6. The van der Waals surface area contributed by atoms with E-state index in [-0.39, 0.29) is 24.2 Å². The lowest BCUT2D eigenvalue weighted by Gasteiger charge is -2.63. The number of benzene rings is 1. The van der Waals surface area contributed by atoms with Crippen molar-refractivity contribution in [1.82, 2.24) is 0 Å². The standard InChI is InChI=1S/C33H42O10/c1-17-22(36)15-33(39)28(42-29(38)21-11-9-8-10-12-21)18(2)26-31(7,14-13-23-32(26,16-40-23)43-20(4)35)27(37)25(41-19(3)34)24(17)30(33,5)6/h8-12,18,22-23,25-26,28,36,39H,13-16H2,1-7H3/t18?,22-,23+,25+,26?,28-,31+,32-,33+/m0/s1. The van der Waals surface area contributed by atoms with Gasteiger partial charge in [0, 0.05) is 42.9 Å². The van der Waals surface area contributed by atoms with E-state index in [0.29, 0.717) is 18.4 Å². The molecule has 1 saturated heterocycles. The second-order valence-electron chi connectivity index (χ2n) is 13.6. The Bertz CT molecular complexity index is 1370. The van der Waals surface area contributed by atoms with E-state index in [9.17, 15) is 29.4 Å². The van der Waals surface area contributed by atoms with Crippen LogP contribution in [0.25, 0.3) is 0 Å². The number of rotatable bonds is 4. The van der Waals surface area contributed by atoms with E-state index >= 15 is 0 Å². The number of Topliss-reactive ketones (excluding diaryl/α,β-unsaturated/α-hetero) is 1. The Morgan fingerprint density at radius 3 is 2.23 bits per heavy atom. The molecule has 0 aromatic heterocycles. The summed E-state index contributed by atoms with van der Waals surface area (Å²) in [6.45, 7) is 11.1. The van der Waals surface area contributed by atoms with Crippen LogP contribution in [0.3, 0.4) is 0 Å². The van der Waals surface area contributed by atoms with Gasteiger partial charge in [-0.1, -0.05) is 45.9 Å². The summed E-state index contributed by atoms with van der Waals surface area (Å²) in [5, 5.41) is 24.2. The quantitative estimate of drug-likeness (QED) is 0.301. The zero-order valence-corrected chi connectivity index (χ0v) is 25.8. The highest BCUT2D eigenvalue weighted by Crippen LogP contribution is 2.63. The van der Waals surface area contributed by atoms with E-state index in [2.05, 4.69) is 0 Å². The molecule has 234 valence electrons. The molecule has 43 heavy (non-hydrogen) atoms. The molecule has 2 saturated carbocycles. The summed E-state index contributed by atoms with van der Waals surface area (Å²) < 4.78 is 24.0. The number of hydrogen-bond donors (Lipinski definition) is 2. The average molecular weight is 599 g/mol. The maximum Gasteiger partial charge on any atom is 0.338 e. The number of ether oxygens (including phenoxy) is 4. The Balaban J connectivity index is 1.80. The Hall–Kier alpha value is -3.08. The molecule has 0 spiro atoms. The van der Waals surface area contributed by atoms with Gasteiger partial charge >= 0.3 is 17.9 Å². The predicted molar refractivity (Wildman–Crippen MR) is 152 cm³/mol. The molecule has 10 nitrogen and oxygen atoms in total. The molecule has 0 radical (unpaired) electrons. The van der Waals surface area contributed by atoms with E-state index in [4.69, 9.17) is 18.9 Å². The van der Waals surface area contributed by atoms with Crippen molar-refractivity contribution in [3.8, 4) is 0 Å². The maximum absolute atomic E-state index is 14.9. The number of esters is 3. The Labute approximate surface area is 251 Å². The average Bonchev–Trinajstić information content (AvgIpc) is 2.92. The molecule has 9 atom stereocenters. The van der Waals surface area contributed by atoms with Crippen molar-refractivity contribution >= 4 is 23.7 Å². The fraction of sp³-hybridized carbons (Fsp3) is 0.636. The molecule has 10 heteroatoms. The fourth-order valence-corrected chi connectivity index (χ4v) is 8.73. The third-order valence-electron chi connectivity index (χ3n) is 10.8. The first-order valence-electron chi connectivity index (χ1n) is 14.9. The molecule has 1 aromatic rings. The van der Waals surface area contributed by atoms with Gasteiger partial charge in [-0.3, -0.25) is 14.4 Å². The third-order valence-corrected chi connectivity index (χ3v) is 10.8. The van der Waals surface area contributed by atoms with Gasteiger partial charge in [0.15, 0.2) is 17.5 Å². The van der Waals surface area contributed by atoms with Crippen LogP contribution in [-0.4, -0.2) is 76.1 Å². The van der Waals surface area contributed by atoms with Crippen LogP contribution in [0.2, 0.25) is 0 Å². The predicted octanol–water partition coefficient (Wildman–Crippen LogP) is 3.32. The normalized spacial score (nSPS) is 40.0. The minimum atomic E-state index is -1.94. The SMILES string of the molecule is CC(=O)O[C@H]1C(=O)[C@]2(C)CC[C@H]3OC[C@@]3(OC(C)=O)C2C(C)[C@H](OC(=O)c2ccccc2)[C@]2(O)C[C@H](O)C(C)=C1C2(C)C. The third kappa shape index (κ3) is 4.56. The smallest absolute Gasteiger partial charge is 0.338 e. The zero-order chi connectivity index (χ0) is 31.7. The van der Waals surface area contributed by atoms with E-state index in [0.717, 1.165) is 0 Å². The number of aliphatic hydroxyl groups is 2. The van der Waals surface area contributed by atoms with Crippen molar-refractivity contribution in [1.29, 1.82) is 0 Å². The van der Waals surface area contributed by atoms with Gasteiger partial charge < -0.3 is 29.2 Å². The molecule has 3 fully saturated rings. The van der Waals surface area contributed by atoms with Gasteiger partial charge in [0.05, 0.1) is 18.3 Å². The molecule has 5 rings (SSSR count). The minimum Gasteiger partial charge on any atom is -0.455 e. The van der Waals surface area contributed by atoms with Crippen molar-refractivity contribution in [2.45, 2.75) is 103 Å².